The number of benzene rings is 2. The Labute approximate surface area is 130 Å². The zero-order valence-electron chi connectivity index (χ0n) is 11.9. The molecule has 2 aromatic carbocycles. The summed E-state index contributed by atoms with van der Waals surface area (Å²) < 4.78 is 41.3. The number of hydrogen-bond acceptors (Lipinski definition) is 4. The minimum absolute atomic E-state index is 0.153. The number of hydrogen-bond donors (Lipinski definition) is 3. The fourth-order valence-electron chi connectivity index (χ4n) is 2.07. The molecule has 0 radical (unpaired) electrons. The maximum absolute atomic E-state index is 14.0. The van der Waals surface area contributed by atoms with Gasteiger partial charge in [-0.2, -0.15) is 0 Å². The number of aliphatic hydroxyl groups excluding tert-OH is 2. The maximum Gasteiger partial charge on any atom is 0.190 e. The number of halogens is 3. The number of ketones is 1. The van der Waals surface area contributed by atoms with E-state index in [9.17, 15) is 18.0 Å². The lowest BCUT2D eigenvalue weighted by Crippen LogP contribution is -2.11. The van der Waals surface area contributed by atoms with Crippen molar-refractivity contribution in [1.82, 2.24) is 0 Å². The molecule has 7 heteroatoms. The fraction of sp³-hybridized carbons (Fsp3) is 0.188. The van der Waals surface area contributed by atoms with Crippen molar-refractivity contribution in [3.8, 4) is 0 Å². The average molecular weight is 325 g/mol. The fourth-order valence-corrected chi connectivity index (χ4v) is 2.07. The average Bonchev–Trinajstić information content (AvgIpc) is 2.53. The van der Waals surface area contributed by atoms with Crippen molar-refractivity contribution in [3.05, 3.63) is 58.9 Å². The monoisotopic (exact) mass is 325 g/mol. The number of carbonyl (C=O) groups is 1. The summed E-state index contributed by atoms with van der Waals surface area (Å²) in [6.07, 6.45) is 0.250. The topological polar surface area (TPSA) is 69.6 Å². The summed E-state index contributed by atoms with van der Waals surface area (Å²) in [6, 6.07) is 5.70. The molecule has 23 heavy (non-hydrogen) atoms. The first-order chi connectivity index (χ1) is 11.0. The molecule has 0 saturated heterocycles. The van der Waals surface area contributed by atoms with Crippen LogP contribution in [0.5, 0.6) is 0 Å². The van der Waals surface area contributed by atoms with Gasteiger partial charge in [0.1, 0.15) is 12.4 Å². The van der Waals surface area contributed by atoms with Crippen molar-refractivity contribution < 1.29 is 28.2 Å². The van der Waals surface area contributed by atoms with Crippen LogP contribution in [-0.2, 0) is 6.42 Å². The van der Waals surface area contributed by atoms with Gasteiger partial charge in [0, 0.05) is 12.2 Å². The second-order valence-electron chi connectivity index (χ2n) is 4.78. The van der Waals surface area contributed by atoms with Gasteiger partial charge in [-0.3, -0.25) is 4.79 Å². The van der Waals surface area contributed by atoms with Gasteiger partial charge in [-0.25, -0.2) is 13.2 Å². The third-order valence-corrected chi connectivity index (χ3v) is 3.23. The number of aliphatic hydroxyl groups is 2. The Morgan fingerprint density at radius 1 is 1.04 bits per heavy atom. The molecule has 0 aromatic heterocycles. The molecular formula is C16H14F3NO3. The van der Waals surface area contributed by atoms with E-state index in [2.05, 4.69) is 5.32 Å². The van der Waals surface area contributed by atoms with Gasteiger partial charge >= 0.3 is 0 Å². The van der Waals surface area contributed by atoms with Crippen LogP contribution in [0.3, 0.4) is 0 Å². The molecule has 0 aliphatic heterocycles. The lowest BCUT2D eigenvalue weighted by atomic mass is 10.1. The Bertz CT molecular complexity index is 735. The van der Waals surface area contributed by atoms with Crippen LogP contribution >= 0.6 is 0 Å². The van der Waals surface area contributed by atoms with Crippen molar-refractivity contribution in [2.75, 3.05) is 18.5 Å². The van der Waals surface area contributed by atoms with Gasteiger partial charge in [-0.15, -0.1) is 0 Å². The van der Waals surface area contributed by atoms with Crippen molar-refractivity contribution >= 4 is 17.2 Å². The molecule has 0 fully saturated rings. The standard InChI is InChI=1S/C16H14F3NO3/c17-11-3-2-10(14(23)8-22)16(15(11)19)20-13-4-1-9(5-6-21)7-12(13)18/h1-4,7,20-22H,5-6,8H2. The first-order valence-corrected chi connectivity index (χ1v) is 6.76. The Morgan fingerprint density at radius 3 is 2.39 bits per heavy atom. The van der Waals surface area contributed by atoms with E-state index in [1.165, 1.54) is 12.1 Å². The number of carbonyl (C=O) groups excluding carboxylic acids is 1. The van der Waals surface area contributed by atoms with Gasteiger partial charge in [0.25, 0.3) is 0 Å². The molecule has 3 N–H and O–H groups in total. The molecule has 0 saturated carbocycles. The van der Waals surface area contributed by atoms with Crippen LogP contribution in [0.2, 0.25) is 0 Å². The predicted molar refractivity (Wildman–Crippen MR) is 78.2 cm³/mol. The van der Waals surface area contributed by atoms with E-state index < -0.39 is 35.5 Å². The van der Waals surface area contributed by atoms with Crippen LogP contribution in [0, 0.1) is 17.5 Å². The highest BCUT2D eigenvalue weighted by molar-refractivity contribution is 6.02. The first-order valence-electron chi connectivity index (χ1n) is 6.76. The minimum Gasteiger partial charge on any atom is -0.396 e. The number of rotatable bonds is 6. The molecule has 2 aromatic rings. The Kier molecular flexibility index (Phi) is 5.36. The highest BCUT2D eigenvalue weighted by Crippen LogP contribution is 2.28. The van der Waals surface area contributed by atoms with Gasteiger partial charge in [-0.05, 0) is 36.2 Å². The Balaban J connectivity index is 2.43. The molecule has 0 aliphatic rings. The van der Waals surface area contributed by atoms with Gasteiger partial charge in [0.05, 0.1) is 11.4 Å². The second kappa shape index (κ2) is 7.26. The zero-order valence-corrected chi connectivity index (χ0v) is 11.9. The van der Waals surface area contributed by atoms with Gasteiger partial charge < -0.3 is 15.5 Å². The van der Waals surface area contributed by atoms with E-state index in [-0.39, 0.29) is 24.3 Å². The lowest BCUT2D eigenvalue weighted by molar-refractivity contribution is 0.0904. The molecule has 0 amide bonds. The Morgan fingerprint density at radius 2 is 1.78 bits per heavy atom. The molecule has 0 spiro atoms. The van der Waals surface area contributed by atoms with Gasteiger partial charge in [0.15, 0.2) is 17.4 Å². The van der Waals surface area contributed by atoms with Gasteiger partial charge in [0.2, 0.25) is 0 Å². The van der Waals surface area contributed by atoms with Crippen molar-refractivity contribution in [1.29, 1.82) is 0 Å². The SMILES string of the molecule is O=C(CO)c1ccc(F)c(F)c1Nc1ccc(CCO)cc1F. The third-order valence-electron chi connectivity index (χ3n) is 3.23. The van der Waals surface area contributed by atoms with E-state index >= 15 is 0 Å². The number of nitrogens with one attached hydrogen (secondary N) is 1. The normalized spacial score (nSPS) is 10.7. The highest BCUT2D eigenvalue weighted by Gasteiger charge is 2.19. The van der Waals surface area contributed by atoms with Crippen LogP contribution in [0.4, 0.5) is 24.5 Å². The largest absolute Gasteiger partial charge is 0.396 e. The minimum atomic E-state index is -1.34. The van der Waals surface area contributed by atoms with Crippen LogP contribution < -0.4 is 5.32 Å². The summed E-state index contributed by atoms with van der Waals surface area (Å²) in [7, 11) is 0. The van der Waals surface area contributed by atoms with E-state index in [0.29, 0.717) is 5.56 Å². The summed E-state index contributed by atoms with van der Waals surface area (Å²) in [4.78, 5) is 11.6. The van der Waals surface area contributed by atoms with E-state index in [1.807, 2.05) is 0 Å². The number of Topliss-reactive ketones (excluding diaryl/α,β-unsaturated/α-hetero) is 1. The van der Waals surface area contributed by atoms with E-state index in [4.69, 9.17) is 10.2 Å². The van der Waals surface area contributed by atoms with E-state index in [1.54, 1.807) is 0 Å². The van der Waals surface area contributed by atoms with Crippen LogP contribution in [0.15, 0.2) is 30.3 Å². The molecule has 122 valence electrons. The third kappa shape index (κ3) is 3.69. The highest BCUT2D eigenvalue weighted by atomic mass is 19.2. The number of anilines is 2. The molecule has 0 bridgehead atoms. The smallest absolute Gasteiger partial charge is 0.190 e. The molecule has 4 nitrogen and oxygen atoms in total. The van der Waals surface area contributed by atoms with Crippen LogP contribution in [-0.4, -0.2) is 29.2 Å². The Hall–Kier alpha value is -2.38. The summed E-state index contributed by atoms with van der Waals surface area (Å²) >= 11 is 0. The van der Waals surface area contributed by atoms with Crippen LogP contribution in [0.1, 0.15) is 15.9 Å². The van der Waals surface area contributed by atoms with Crippen molar-refractivity contribution in [3.63, 3.8) is 0 Å². The van der Waals surface area contributed by atoms with Gasteiger partial charge in [-0.1, -0.05) is 6.07 Å². The summed E-state index contributed by atoms with van der Waals surface area (Å²) in [5.41, 5.74) is -0.465. The van der Waals surface area contributed by atoms with Crippen LogP contribution in [0.25, 0.3) is 0 Å². The lowest BCUT2D eigenvalue weighted by Gasteiger charge is -2.13. The maximum atomic E-state index is 14.0. The summed E-state index contributed by atoms with van der Waals surface area (Å²) in [5.74, 6) is -4.13. The second-order valence-corrected chi connectivity index (χ2v) is 4.78. The molecule has 0 aliphatic carbocycles. The van der Waals surface area contributed by atoms with Crippen molar-refractivity contribution in [2.24, 2.45) is 0 Å². The molecule has 0 heterocycles. The predicted octanol–water partition coefficient (Wildman–Crippen LogP) is 2.56. The first kappa shape index (κ1) is 17.0. The van der Waals surface area contributed by atoms with Crippen molar-refractivity contribution in [2.45, 2.75) is 6.42 Å². The summed E-state index contributed by atoms with van der Waals surface area (Å²) in [5, 5.41) is 20.1. The van der Waals surface area contributed by atoms with E-state index in [0.717, 1.165) is 18.2 Å². The zero-order chi connectivity index (χ0) is 17.0. The molecule has 2 rings (SSSR count). The molecule has 0 atom stereocenters. The quantitative estimate of drug-likeness (QED) is 0.714. The molecular weight excluding hydrogens is 311 g/mol. The summed E-state index contributed by atoms with van der Waals surface area (Å²) in [6.45, 7) is -1.04. The molecule has 0 unspecified atom stereocenters.